The van der Waals surface area contributed by atoms with Gasteiger partial charge in [0.05, 0.1) is 16.3 Å². The number of nitrogens with zero attached hydrogens (tertiary/aromatic N) is 5. The van der Waals surface area contributed by atoms with Crippen molar-refractivity contribution in [2.24, 2.45) is 0 Å². The van der Waals surface area contributed by atoms with Crippen LogP contribution >= 0.6 is 11.3 Å². The third kappa shape index (κ3) is 3.75. The van der Waals surface area contributed by atoms with Gasteiger partial charge in [-0.25, -0.2) is 14.4 Å². The molecule has 5 rings (SSSR count). The van der Waals surface area contributed by atoms with Crippen LogP contribution < -0.4 is 10.2 Å². The van der Waals surface area contributed by atoms with Crippen molar-refractivity contribution in [1.82, 2.24) is 19.3 Å². The summed E-state index contributed by atoms with van der Waals surface area (Å²) in [6.07, 6.45) is 4.49. The summed E-state index contributed by atoms with van der Waals surface area (Å²) in [4.78, 5) is 27.6. The van der Waals surface area contributed by atoms with E-state index in [1.807, 2.05) is 18.2 Å². The van der Waals surface area contributed by atoms with Crippen LogP contribution in [0, 0.1) is 12.7 Å². The molecule has 4 aromatic heterocycles. The van der Waals surface area contributed by atoms with Crippen molar-refractivity contribution in [3.05, 3.63) is 53.0 Å². The number of carbonyl (C=O) groups excluding carboxylic acids is 1. The lowest BCUT2D eigenvalue weighted by Crippen LogP contribution is -2.31. The fraction of sp³-hybridized carbons (Fsp3) is 0.318. The lowest BCUT2D eigenvalue weighted by molar-refractivity contribution is 0.103. The number of carbonyl (C=O) groups is 1. The van der Waals surface area contributed by atoms with Gasteiger partial charge in [-0.2, -0.15) is 0 Å². The van der Waals surface area contributed by atoms with Crippen LogP contribution in [-0.2, 0) is 0 Å². The molecule has 1 amide bonds. The first kappa shape index (κ1) is 19.9. The number of amides is 1. The van der Waals surface area contributed by atoms with Gasteiger partial charge >= 0.3 is 0 Å². The van der Waals surface area contributed by atoms with Crippen LogP contribution in [0.25, 0.3) is 15.9 Å². The molecule has 9 heteroatoms. The highest BCUT2D eigenvalue weighted by atomic mass is 32.1. The second-order valence-corrected chi connectivity index (χ2v) is 9.20. The molecule has 1 fully saturated rings. The zero-order valence-electron chi connectivity index (χ0n) is 17.6. The predicted octanol–water partition coefficient (Wildman–Crippen LogP) is 3.78. The van der Waals surface area contributed by atoms with Crippen molar-refractivity contribution in [2.75, 3.05) is 37.4 Å². The maximum Gasteiger partial charge on any atom is 0.265 e. The summed E-state index contributed by atoms with van der Waals surface area (Å²) in [6, 6.07) is 7.67. The van der Waals surface area contributed by atoms with Crippen molar-refractivity contribution in [1.29, 1.82) is 0 Å². The molecule has 7 nitrogen and oxygen atoms in total. The second kappa shape index (κ2) is 7.58. The monoisotopic (exact) mass is 438 g/mol. The highest BCUT2D eigenvalue weighted by Gasteiger charge is 2.25. The Hall–Kier alpha value is -3.04. The standard InChI is InChI=1S/C22H23FN6OS/c1-13-10-29-11-15(9-17(23)20(29)24-13)25-21(30)18-8-14-4-5-19(26-22(14)31-18)28-7-6-16(12-28)27(2)3/h4-5,8-11,16H,6-7,12H2,1-3H3,(H,25,30)/t16-/m1/s1. The minimum Gasteiger partial charge on any atom is -0.355 e. The maximum absolute atomic E-state index is 14.3. The van der Waals surface area contributed by atoms with Crippen molar-refractivity contribution in [3.8, 4) is 0 Å². The molecule has 5 heterocycles. The Kier molecular flexibility index (Phi) is 4.86. The molecule has 0 aliphatic carbocycles. The van der Waals surface area contributed by atoms with Gasteiger partial charge in [0.25, 0.3) is 5.91 Å². The Morgan fingerprint density at radius 3 is 2.87 bits per heavy atom. The number of hydrogen-bond donors (Lipinski definition) is 1. The zero-order valence-corrected chi connectivity index (χ0v) is 18.4. The molecule has 1 saturated heterocycles. The number of aryl methyl sites for hydroxylation is 1. The van der Waals surface area contributed by atoms with Gasteiger partial charge in [-0.1, -0.05) is 0 Å². The van der Waals surface area contributed by atoms with Crippen LogP contribution in [0.1, 0.15) is 21.8 Å². The first-order chi connectivity index (χ1) is 14.9. The third-order valence-electron chi connectivity index (χ3n) is 5.69. The number of fused-ring (bicyclic) bond motifs is 2. The summed E-state index contributed by atoms with van der Waals surface area (Å²) in [5.41, 5.74) is 1.33. The van der Waals surface area contributed by atoms with Gasteiger partial charge in [0.15, 0.2) is 11.5 Å². The molecule has 0 spiro atoms. The van der Waals surface area contributed by atoms with Gasteiger partial charge in [-0.05, 0) is 45.6 Å². The van der Waals surface area contributed by atoms with E-state index >= 15 is 0 Å². The molecule has 1 aliphatic rings. The fourth-order valence-electron chi connectivity index (χ4n) is 4.01. The number of thiophene rings is 1. The van der Waals surface area contributed by atoms with Crippen LogP contribution in [0.15, 0.2) is 36.7 Å². The van der Waals surface area contributed by atoms with Crippen LogP contribution in [0.3, 0.4) is 0 Å². The summed E-state index contributed by atoms with van der Waals surface area (Å²) < 4.78 is 15.9. The molecule has 0 radical (unpaired) electrons. The van der Waals surface area contributed by atoms with E-state index in [0.29, 0.717) is 22.3 Å². The molecule has 0 saturated carbocycles. The average molecular weight is 439 g/mol. The van der Waals surface area contributed by atoms with Gasteiger partial charge < -0.3 is 19.5 Å². The van der Waals surface area contributed by atoms with E-state index in [-0.39, 0.29) is 11.6 Å². The highest BCUT2D eigenvalue weighted by molar-refractivity contribution is 7.20. The molecule has 0 bridgehead atoms. The van der Waals surface area contributed by atoms with Crippen molar-refractivity contribution < 1.29 is 9.18 Å². The van der Waals surface area contributed by atoms with E-state index in [0.717, 1.165) is 35.5 Å². The SMILES string of the molecule is Cc1cn2cc(NC(=O)c3cc4ccc(N5CC[C@@H](N(C)C)C5)nc4s3)cc(F)c2n1. The number of pyridine rings is 2. The van der Waals surface area contributed by atoms with E-state index in [2.05, 4.69) is 34.2 Å². The smallest absolute Gasteiger partial charge is 0.265 e. The van der Waals surface area contributed by atoms with E-state index in [4.69, 9.17) is 4.98 Å². The number of halogens is 1. The summed E-state index contributed by atoms with van der Waals surface area (Å²) in [7, 11) is 4.21. The summed E-state index contributed by atoms with van der Waals surface area (Å²) >= 11 is 1.34. The predicted molar refractivity (Wildman–Crippen MR) is 122 cm³/mol. The largest absolute Gasteiger partial charge is 0.355 e. The van der Waals surface area contributed by atoms with Crippen LogP contribution in [0.4, 0.5) is 15.9 Å². The minimum atomic E-state index is -0.477. The molecule has 1 aliphatic heterocycles. The highest BCUT2D eigenvalue weighted by Crippen LogP contribution is 2.29. The van der Waals surface area contributed by atoms with Crippen molar-refractivity contribution >= 4 is 44.6 Å². The van der Waals surface area contributed by atoms with E-state index in [9.17, 15) is 9.18 Å². The van der Waals surface area contributed by atoms with Gasteiger partial charge in [0.1, 0.15) is 10.6 Å². The van der Waals surface area contributed by atoms with Crippen molar-refractivity contribution in [3.63, 3.8) is 0 Å². The number of imidazole rings is 1. The maximum atomic E-state index is 14.3. The molecule has 0 unspecified atom stereocenters. The minimum absolute atomic E-state index is 0.243. The van der Waals surface area contributed by atoms with Gasteiger partial charge in [-0.15, -0.1) is 11.3 Å². The molecule has 4 aromatic rings. The lowest BCUT2D eigenvalue weighted by atomic mass is 10.2. The number of hydrogen-bond acceptors (Lipinski definition) is 6. The quantitative estimate of drug-likeness (QED) is 0.525. The third-order valence-corrected chi connectivity index (χ3v) is 6.74. The normalized spacial score (nSPS) is 16.7. The van der Waals surface area contributed by atoms with Crippen LogP contribution in [0.2, 0.25) is 0 Å². The van der Waals surface area contributed by atoms with Crippen molar-refractivity contribution in [2.45, 2.75) is 19.4 Å². The fourth-order valence-corrected chi connectivity index (χ4v) is 4.93. The Morgan fingerprint density at radius 1 is 1.26 bits per heavy atom. The first-order valence-corrected chi connectivity index (χ1v) is 11.0. The Morgan fingerprint density at radius 2 is 2.10 bits per heavy atom. The van der Waals surface area contributed by atoms with Gasteiger partial charge in [0.2, 0.25) is 0 Å². The van der Waals surface area contributed by atoms with E-state index < -0.39 is 5.82 Å². The number of nitrogens with one attached hydrogen (secondary N) is 1. The van der Waals surface area contributed by atoms with Crippen LogP contribution in [0.5, 0.6) is 0 Å². The second-order valence-electron chi connectivity index (χ2n) is 8.17. The number of anilines is 2. The molecule has 0 aromatic carbocycles. The molecule has 160 valence electrons. The molecule has 1 N–H and O–H groups in total. The number of aromatic nitrogens is 3. The van der Waals surface area contributed by atoms with E-state index in [1.54, 1.807) is 23.7 Å². The number of likely N-dealkylation sites (N-methyl/N-ethyl adjacent to an activating group) is 1. The van der Waals surface area contributed by atoms with E-state index in [1.165, 1.54) is 17.4 Å². The molecule has 31 heavy (non-hydrogen) atoms. The first-order valence-electron chi connectivity index (χ1n) is 10.2. The van der Waals surface area contributed by atoms with Gasteiger partial charge in [-0.3, -0.25) is 4.79 Å². The molecular formula is C22H23FN6OS. The van der Waals surface area contributed by atoms with Crippen LogP contribution in [-0.4, -0.2) is 58.4 Å². The Balaban J connectivity index is 1.37. The molecule has 1 atom stereocenters. The Labute approximate surface area is 183 Å². The lowest BCUT2D eigenvalue weighted by Gasteiger charge is -2.21. The Bertz CT molecular complexity index is 1300. The topological polar surface area (TPSA) is 65.8 Å². The summed E-state index contributed by atoms with van der Waals surface area (Å²) in [6.45, 7) is 3.72. The molecular weight excluding hydrogens is 415 g/mol. The summed E-state index contributed by atoms with van der Waals surface area (Å²) in [5, 5.41) is 3.71. The average Bonchev–Trinajstić information content (AvgIpc) is 3.44. The zero-order chi connectivity index (χ0) is 21.7. The number of rotatable bonds is 4. The summed E-state index contributed by atoms with van der Waals surface area (Å²) in [5.74, 6) is 0.179. The van der Waals surface area contributed by atoms with Gasteiger partial charge in [0, 0.05) is 43.0 Å².